The Morgan fingerprint density at radius 2 is 2.22 bits per heavy atom. The first-order valence-electron chi connectivity index (χ1n) is 7.58. The molecule has 2 heterocycles. The molecule has 7 nitrogen and oxygen atoms in total. The smallest absolute Gasteiger partial charge is 0.319 e. The Bertz CT molecular complexity index is 650. The number of hydrogen-bond donors (Lipinski definition) is 2. The highest BCUT2D eigenvalue weighted by Crippen LogP contribution is 2.20. The maximum Gasteiger partial charge on any atom is 0.319 e. The summed E-state index contributed by atoms with van der Waals surface area (Å²) < 4.78 is 10.5. The van der Waals surface area contributed by atoms with Gasteiger partial charge in [0, 0.05) is 17.8 Å². The van der Waals surface area contributed by atoms with Gasteiger partial charge in [-0.15, -0.1) is 0 Å². The fourth-order valence-electron chi connectivity index (χ4n) is 2.27. The minimum Gasteiger partial charge on any atom is -0.476 e. The predicted molar refractivity (Wildman–Crippen MR) is 86.7 cm³/mol. The van der Waals surface area contributed by atoms with Crippen molar-refractivity contribution in [1.29, 1.82) is 0 Å². The monoisotopic (exact) mass is 318 g/mol. The van der Waals surface area contributed by atoms with Crippen molar-refractivity contribution in [2.45, 2.75) is 40.2 Å². The number of ether oxygens (including phenoxy) is 1. The number of nitrogens with one attached hydrogen (secondary N) is 2. The Hall–Kier alpha value is -2.57. The van der Waals surface area contributed by atoms with Crippen LogP contribution in [0.3, 0.4) is 0 Å². The quantitative estimate of drug-likeness (QED) is 0.855. The summed E-state index contributed by atoms with van der Waals surface area (Å²) in [6.07, 6.45) is 2.27. The van der Waals surface area contributed by atoms with Gasteiger partial charge in [0.05, 0.1) is 12.3 Å². The van der Waals surface area contributed by atoms with Crippen molar-refractivity contribution >= 4 is 11.7 Å². The van der Waals surface area contributed by atoms with E-state index in [2.05, 4.69) is 20.8 Å². The molecular formula is C16H22N4O3. The second-order valence-electron chi connectivity index (χ2n) is 5.30. The van der Waals surface area contributed by atoms with Gasteiger partial charge < -0.3 is 19.9 Å². The van der Waals surface area contributed by atoms with Crippen molar-refractivity contribution in [3.05, 3.63) is 35.3 Å². The number of carbonyl (C=O) groups is 1. The van der Waals surface area contributed by atoms with Crippen LogP contribution >= 0.6 is 0 Å². The number of rotatable bonds is 6. The number of pyridine rings is 1. The second kappa shape index (κ2) is 7.62. The van der Waals surface area contributed by atoms with Crippen molar-refractivity contribution < 1.29 is 14.1 Å². The Morgan fingerprint density at radius 1 is 1.43 bits per heavy atom. The predicted octanol–water partition coefficient (Wildman–Crippen LogP) is 2.84. The van der Waals surface area contributed by atoms with Crippen LogP contribution in [0.4, 0.5) is 10.5 Å². The summed E-state index contributed by atoms with van der Waals surface area (Å²) in [6, 6.07) is 3.11. The summed E-state index contributed by atoms with van der Waals surface area (Å²) >= 11 is 0. The van der Waals surface area contributed by atoms with E-state index in [0.29, 0.717) is 24.6 Å². The average molecular weight is 318 g/mol. The molecule has 0 aliphatic rings. The lowest BCUT2D eigenvalue weighted by Gasteiger charge is -2.15. The molecule has 0 saturated heterocycles. The highest BCUT2D eigenvalue weighted by Gasteiger charge is 2.15. The number of amides is 2. The van der Waals surface area contributed by atoms with E-state index < -0.39 is 0 Å². The molecule has 124 valence electrons. The maximum atomic E-state index is 12.1. The first kappa shape index (κ1) is 16.8. The third-order valence-corrected chi connectivity index (χ3v) is 3.37. The van der Waals surface area contributed by atoms with Crippen LogP contribution in [0.1, 0.15) is 30.9 Å². The molecule has 0 spiro atoms. The fraction of sp³-hybridized carbons (Fsp3) is 0.438. The Kier molecular flexibility index (Phi) is 5.56. The van der Waals surface area contributed by atoms with Gasteiger partial charge in [-0.1, -0.05) is 5.16 Å². The zero-order valence-corrected chi connectivity index (χ0v) is 13.8. The molecule has 0 saturated carbocycles. The van der Waals surface area contributed by atoms with Crippen molar-refractivity contribution in [2.75, 3.05) is 11.9 Å². The van der Waals surface area contributed by atoms with E-state index in [1.807, 2.05) is 27.7 Å². The van der Waals surface area contributed by atoms with E-state index >= 15 is 0 Å². The zero-order chi connectivity index (χ0) is 16.8. The molecule has 0 fully saturated rings. The van der Waals surface area contributed by atoms with Crippen LogP contribution < -0.4 is 15.4 Å². The lowest BCUT2D eigenvalue weighted by atomic mass is 10.1. The largest absolute Gasteiger partial charge is 0.476 e. The molecule has 0 aromatic carbocycles. The van der Waals surface area contributed by atoms with E-state index in [-0.39, 0.29) is 12.1 Å². The number of hydrogen-bond acceptors (Lipinski definition) is 5. The zero-order valence-electron chi connectivity index (χ0n) is 13.8. The van der Waals surface area contributed by atoms with Crippen molar-refractivity contribution in [1.82, 2.24) is 15.5 Å². The molecule has 2 aromatic rings. The lowest BCUT2D eigenvalue weighted by molar-refractivity contribution is 0.249. The summed E-state index contributed by atoms with van der Waals surface area (Å²) in [5.74, 6) is 1.19. The van der Waals surface area contributed by atoms with Crippen molar-refractivity contribution in [2.24, 2.45) is 0 Å². The van der Waals surface area contributed by atoms with E-state index in [4.69, 9.17) is 9.26 Å². The van der Waals surface area contributed by atoms with Gasteiger partial charge in [-0.3, -0.25) is 0 Å². The molecule has 2 N–H and O–H groups in total. The number of urea groups is 1. The third-order valence-electron chi connectivity index (χ3n) is 3.37. The Labute approximate surface area is 135 Å². The number of carbonyl (C=O) groups excluding carboxylic acids is 1. The van der Waals surface area contributed by atoms with Crippen molar-refractivity contribution in [3.8, 4) is 5.88 Å². The standard InChI is InChI=1S/C16H22N4O3/c1-5-22-15-14(7-6-8-17-15)19-16(21)18-10(2)9-13-11(3)20-23-12(13)4/h6-8,10H,5,9H2,1-4H3,(H2,18,19,21). The van der Waals surface area contributed by atoms with Crippen LogP contribution in [0.2, 0.25) is 0 Å². The molecule has 23 heavy (non-hydrogen) atoms. The molecule has 0 aliphatic heterocycles. The fourth-order valence-corrected chi connectivity index (χ4v) is 2.27. The topological polar surface area (TPSA) is 89.3 Å². The van der Waals surface area contributed by atoms with Crippen molar-refractivity contribution in [3.63, 3.8) is 0 Å². The summed E-state index contributed by atoms with van der Waals surface area (Å²) in [5.41, 5.74) is 2.41. The molecule has 0 bridgehead atoms. The van der Waals surface area contributed by atoms with E-state index in [1.165, 1.54) is 0 Å². The average Bonchev–Trinajstić information content (AvgIpc) is 2.81. The first-order valence-corrected chi connectivity index (χ1v) is 7.58. The van der Waals surface area contributed by atoms with E-state index in [9.17, 15) is 4.79 Å². The van der Waals surface area contributed by atoms with Crippen LogP contribution in [0.5, 0.6) is 5.88 Å². The van der Waals surface area contributed by atoms with Crippen LogP contribution in [0, 0.1) is 13.8 Å². The normalized spacial score (nSPS) is 11.8. The SMILES string of the molecule is CCOc1ncccc1NC(=O)NC(C)Cc1c(C)noc1C. The highest BCUT2D eigenvalue weighted by atomic mass is 16.5. The molecule has 2 rings (SSSR count). The molecular weight excluding hydrogens is 296 g/mol. The molecule has 0 aliphatic carbocycles. The van der Waals surface area contributed by atoms with Gasteiger partial charge in [0.2, 0.25) is 5.88 Å². The van der Waals surface area contributed by atoms with Gasteiger partial charge in [0.1, 0.15) is 11.4 Å². The molecule has 2 amide bonds. The number of aryl methyl sites for hydroxylation is 2. The minimum atomic E-state index is -0.307. The van der Waals surface area contributed by atoms with Crippen LogP contribution in [0.15, 0.2) is 22.9 Å². The Morgan fingerprint density at radius 3 is 2.87 bits per heavy atom. The second-order valence-corrected chi connectivity index (χ2v) is 5.30. The van der Waals surface area contributed by atoms with Gasteiger partial charge in [-0.25, -0.2) is 9.78 Å². The summed E-state index contributed by atoms with van der Waals surface area (Å²) in [6.45, 7) is 8.03. The summed E-state index contributed by atoms with van der Waals surface area (Å²) in [7, 11) is 0. The van der Waals surface area contributed by atoms with E-state index in [1.54, 1.807) is 18.3 Å². The molecule has 1 atom stereocenters. The van der Waals surface area contributed by atoms with Gasteiger partial charge in [-0.05, 0) is 46.2 Å². The van der Waals surface area contributed by atoms with Crippen LogP contribution in [0.25, 0.3) is 0 Å². The van der Waals surface area contributed by atoms with Crippen LogP contribution in [-0.4, -0.2) is 28.8 Å². The molecule has 0 radical (unpaired) electrons. The number of anilines is 1. The summed E-state index contributed by atoms with van der Waals surface area (Å²) in [4.78, 5) is 16.2. The molecule has 7 heteroatoms. The highest BCUT2D eigenvalue weighted by molar-refractivity contribution is 5.90. The number of aromatic nitrogens is 2. The molecule has 1 unspecified atom stereocenters. The minimum absolute atomic E-state index is 0.0704. The van der Waals surface area contributed by atoms with Gasteiger partial charge in [0.25, 0.3) is 0 Å². The molecule has 2 aromatic heterocycles. The number of nitrogens with zero attached hydrogens (tertiary/aromatic N) is 2. The lowest BCUT2D eigenvalue weighted by Crippen LogP contribution is -2.37. The maximum absolute atomic E-state index is 12.1. The van der Waals surface area contributed by atoms with Gasteiger partial charge in [-0.2, -0.15) is 0 Å². The van der Waals surface area contributed by atoms with Crippen LogP contribution in [-0.2, 0) is 6.42 Å². The third kappa shape index (κ3) is 4.45. The first-order chi connectivity index (χ1) is 11.0. The summed E-state index contributed by atoms with van der Waals surface area (Å²) in [5, 5.41) is 9.57. The van der Waals surface area contributed by atoms with Gasteiger partial charge in [0.15, 0.2) is 0 Å². The Balaban J connectivity index is 1.94. The van der Waals surface area contributed by atoms with E-state index in [0.717, 1.165) is 17.0 Å². The van der Waals surface area contributed by atoms with Gasteiger partial charge >= 0.3 is 6.03 Å².